The van der Waals surface area contributed by atoms with Crippen LogP contribution in [0.15, 0.2) is 30.5 Å². The molecule has 1 atom stereocenters. The van der Waals surface area contributed by atoms with E-state index in [9.17, 15) is 0 Å². The molecule has 0 amide bonds. The summed E-state index contributed by atoms with van der Waals surface area (Å²) in [5, 5.41) is 3.62. The van der Waals surface area contributed by atoms with E-state index >= 15 is 0 Å². The Bertz CT molecular complexity index is 590. The van der Waals surface area contributed by atoms with Crippen LogP contribution >= 0.6 is 11.6 Å². The van der Waals surface area contributed by atoms with Gasteiger partial charge >= 0.3 is 6.01 Å². The molecule has 0 aliphatic carbocycles. The summed E-state index contributed by atoms with van der Waals surface area (Å²) >= 11 is 6.05. The normalized spacial score (nSPS) is 11.8. The molecule has 1 heterocycles. The van der Waals surface area contributed by atoms with Crippen molar-refractivity contribution >= 4 is 17.4 Å². The number of benzene rings is 1. The van der Waals surface area contributed by atoms with Gasteiger partial charge in [0.1, 0.15) is 17.4 Å². The molecule has 2 aromatic rings. The lowest BCUT2D eigenvalue weighted by molar-refractivity contribution is 0.303. The zero-order chi connectivity index (χ0) is 15.2. The van der Waals surface area contributed by atoms with E-state index in [1.54, 1.807) is 0 Å². The van der Waals surface area contributed by atoms with Crippen LogP contribution in [-0.2, 0) is 0 Å². The first-order chi connectivity index (χ1) is 10.1. The highest BCUT2D eigenvalue weighted by Crippen LogP contribution is 2.21. The van der Waals surface area contributed by atoms with Gasteiger partial charge in [0.25, 0.3) is 0 Å². The predicted molar refractivity (Wildman–Crippen MR) is 83.4 cm³/mol. The molecule has 0 saturated carbocycles. The maximum atomic E-state index is 6.05. The summed E-state index contributed by atoms with van der Waals surface area (Å²) in [6.07, 6.45) is 1.50. The number of nitrogens with one attached hydrogen (secondary N) is 1. The first kappa shape index (κ1) is 15.4. The molecule has 1 aromatic heterocycles. The van der Waals surface area contributed by atoms with Crippen molar-refractivity contribution in [3.05, 3.63) is 41.0 Å². The highest BCUT2D eigenvalue weighted by atomic mass is 35.5. The molecular formula is C15H18ClN3O2. The van der Waals surface area contributed by atoms with Gasteiger partial charge < -0.3 is 14.8 Å². The topological polar surface area (TPSA) is 56.3 Å². The van der Waals surface area contributed by atoms with E-state index in [1.807, 2.05) is 38.1 Å². The van der Waals surface area contributed by atoms with Crippen molar-refractivity contribution < 1.29 is 9.47 Å². The van der Waals surface area contributed by atoms with Crippen molar-refractivity contribution in [2.24, 2.45) is 0 Å². The number of aromatic nitrogens is 2. The van der Waals surface area contributed by atoms with Gasteiger partial charge in [-0.1, -0.05) is 29.3 Å². The predicted octanol–water partition coefficient (Wildman–Crippen LogP) is 3.33. The van der Waals surface area contributed by atoms with Crippen molar-refractivity contribution in [3.63, 3.8) is 0 Å². The summed E-state index contributed by atoms with van der Waals surface area (Å²) < 4.78 is 10.7. The van der Waals surface area contributed by atoms with E-state index in [-0.39, 0.29) is 12.1 Å². The molecule has 1 unspecified atom stereocenters. The highest BCUT2D eigenvalue weighted by molar-refractivity contribution is 6.32. The van der Waals surface area contributed by atoms with Gasteiger partial charge in [0.05, 0.1) is 19.3 Å². The van der Waals surface area contributed by atoms with Gasteiger partial charge in [0, 0.05) is 0 Å². The number of hydrogen-bond acceptors (Lipinski definition) is 5. The summed E-state index contributed by atoms with van der Waals surface area (Å²) in [7, 11) is 1.51. The molecule has 2 rings (SSSR count). The van der Waals surface area contributed by atoms with Crippen LogP contribution in [0.5, 0.6) is 11.8 Å². The number of halogens is 1. The molecule has 21 heavy (non-hydrogen) atoms. The Hall–Kier alpha value is -2.01. The van der Waals surface area contributed by atoms with Crippen molar-refractivity contribution in [1.29, 1.82) is 0 Å². The molecular weight excluding hydrogens is 290 g/mol. The Labute approximate surface area is 129 Å². The molecule has 0 saturated heterocycles. The largest absolute Gasteiger partial charge is 0.491 e. The van der Waals surface area contributed by atoms with E-state index in [2.05, 4.69) is 15.3 Å². The smallest absolute Gasteiger partial charge is 0.318 e. The molecule has 6 heteroatoms. The zero-order valence-electron chi connectivity index (χ0n) is 12.3. The Morgan fingerprint density at radius 2 is 2.00 bits per heavy atom. The molecule has 0 radical (unpaired) electrons. The van der Waals surface area contributed by atoms with Crippen LogP contribution < -0.4 is 14.8 Å². The van der Waals surface area contributed by atoms with Crippen LogP contribution in [0.1, 0.15) is 12.5 Å². The molecule has 0 aliphatic heterocycles. The molecule has 5 nitrogen and oxygen atoms in total. The summed E-state index contributed by atoms with van der Waals surface area (Å²) in [6, 6.07) is 8.22. The second-order valence-electron chi connectivity index (χ2n) is 4.72. The Morgan fingerprint density at radius 3 is 2.67 bits per heavy atom. The molecule has 0 fully saturated rings. The molecule has 0 bridgehead atoms. The van der Waals surface area contributed by atoms with Gasteiger partial charge in [0.15, 0.2) is 5.82 Å². The highest BCUT2D eigenvalue weighted by Gasteiger charge is 2.10. The minimum absolute atomic E-state index is 0.0309. The summed E-state index contributed by atoms with van der Waals surface area (Å²) in [6.45, 7) is 4.52. The number of ether oxygens (including phenoxy) is 2. The van der Waals surface area contributed by atoms with Crippen molar-refractivity contribution in [2.75, 3.05) is 19.0 Å². The van der Waals surface area contributed by atoms with Gasteiger partial charge in [0.2, 0.25) is 0 Å². The third-order valence-corrected chi connectivity index (χ3v) is 3.09. The van der Waals surface area contributed by atoms with E-state index in [1.165, 1.54) is 18.9 Å². The van der Waals surface area contributed by atoms with E-state index in [0.29, 0.717) is 17.4 Å². The van der Waals surface area contributed by atoms with E-state index < -0.39 is 0 Å². The van der Waals surface area contributed by atoms with Gasteiger partial charge in [-0.3, -0.25) is 0 Å². The van der Waals surface area contributed by atoms with Gasteiger partial charge in [-0.05, 0) is 26.0 Å². The minimum atomic E-state index is 0.0309. The number of nitrogens with zero attached hydrogens (tertiary/aromatic N) is 2. The fourth-order valence-corrected chi connectivity index (χ4v) is 1.83. The number of rotatable bonds is 6. The second-order valence-corrected chi connectivity index (χ2v) is 5.13. The lowest BCUT2D eigenvalue weighted by Gasteiger charge is -2.16. The second kappa shape index (κ2) is 7.13. The molecule has 1 aromatic carbocycles. The fourth-order valence-electron chi connectivity index (χ4n) is 1.68. The first-order valence-electron chi connectivity index (χ1n) is 6.61. The van der Waals surface area contributed by atoms with Crippen LogP contribution in [0.25, 0.3) is 0 Å². The molecule has 1 N–H and O–H groups in total. The van der Waals surface area contributed by atoms with Crippen molar-refractivity contribution in [3.8, 4) is 11.8 Å². The third-order valence-electron chi connectivity index (χ3n) is 2.81. The Kier molecular flexibility index (Phi) is 5.22. The maximum absolute atomic E-state index is 6.05. The third kappa shape index (κ3) is 4.49. The van der Waals surface area contributed by atoms with E-state index in [4.69, 9.17) is 21.1 Å². The van der Waals surface area contributed by atoms with Crippen molar-refractivity contribution in [2.45, 2.75) is 19.9 Å². The fraction of sp³-hybridized carbons (Fsp3) is 0.333. The SMILES string of the molecule is COc1ncc(Cl)c(NC(C)COc2ccc(C)cc2)n1. The first-order valence-corrected chi connectivity index (χ1v) is 6.99. The lowest BCUT2D eigenvalue weighted by atomic mass is 10.2. The monoisotopic (exact) mass is 307 g/mol. The van der Waals surface area contributed by atoms with Gasteiger partial charge in [-0.15, -0.1) is 0 Å². The maximum Gasteiger partial charge on any atom is 0.318 e. The Morgan fingerprint density at radius 1 is 1.29 bits per heavy atom. The molecule has 112 valence electrons. The lowest BCUT2D eigenvalue weighted by Crippen LogP contribution is -2.24. The van der Waals surface area contributed by atoms with Crippen LogP contribution in [0, 0.1) is 6.92 Å². The number of methoxy groups -OCH3 is 1. The zero-order valence-corrected chi connectivity index (χ0v) is 13.0. The number of hydrogen-bond donors (Lipinski definition) is 1. The Balaban J connectivity index is 1.92. The van der Waals surface area contributed by atoms with Crippen molar-refractivity contribution in [1.82, 2.24) is 9.97 Å². The van der Waals surface area contributed by atoms with Crippen LogP contribution in [-0.4, -0.2) is 29.7 Å². The van der Waals surface area contributed by atoms with E-state index in [0.717, 1.165) is 5.75 Å². The van der Waals surface area contributed by atoms with Crippen LogP contribution in [0.3, 0.4) is 0 Å². The standard InChI is InChI=1S/C15H18ClN3O2/c1-10-4-6-12(7-5-10)21-9-11(2)18-14-13(16)8-17-15(19-14)20-3/h4-8,11H,9H2,1-3H3,(H,17,18,19). The minimum Gasteiger partial charge on any atom is -0.491 e. The van der Waals surface area contributed by atoms with Crippen LogP contribution in [0.2, 0.25) is 5.02 Å². The average Bonchev–Trinajstić information content (AvgIpc) is 2.49. The molecule has 0 aliphatic rings. The van der Waals surface area contributed by atoms with Crippen LogP contribution in [0.4, 0.5) is 5.82 Å². The number of aryl methyl sites for hydroxylation is 1. The summed E-state index contributed by atoms with van der Waals surface area (Å²) in [5.74, 6) is 1.36. The number of anilines is 1. The van der Waals surface area contributed by atoms with Gasteiger partial charge in [-0.2, -0.15) is 4.98 Å². The average molecular weight is 308 g/mol. The summed E-state index contributed by atoms with van der Waals surface area (Å²) in [5.41, 5.74) is 1.20. The molecule has 0 spiro atoms. The van der Waals surface area contributed by atoms with Gasteiger partial charge in [-0.25, -0.2) is 4.98 Å². The quantitative estimate of drug-likeness (QED) is 0.887. The summed E-state index contributed by atoms with van der Waals surface area (Å²) in [4.78, 5) is 8.10.